The van der Waals surface area contributed by atoms with E-state index in [0.29, 0.717) is 22.3 Å². The Kier molecular flexibility index (Phi) is 402. The van der Waals surface area contributed by atoms with Gasteiger partial charge in [-0.1, -0.05) is 60.0 Å². The number of nitrogens with zero attached hydrogens (tertiary/aromatic N) is 4. The molecule has 0 fully saturated rings. The zero-order valence-electron chi connectivity index (χ0n) is 43.1. The second-order valence-corrected chi connectivity index (χ2v) is 10.6. The van der Waals surface area contributed by atoms with Gasteiger partial charge in [0.05, 0.1) is 12.4 Å². The minimum Gasteiger partial charge on any atom is -2.00 e. The van der Waals surface area contributed by atoms with Crippen LogP contribution in [0.1, 0.15) is 77.6 Å². The molecule has 2 N–H and O–H groups in total. The monoisotopic (exact) mass is 1860 g/mol. The molecule has 2 aromatic heterocycles. The van der Waals surface area contributed by atoms with Crippen molar-refractivity contribution in [2.45, 2.75) is 55.4 Å². The van der Waals surface area contributed by atoms with Gasteiger partial charge in [0, 0.05) is 205 Å². The number of para-hydroxylation sites is 2. The van der Waals surface area contributed by atoms with Crippen LogP contribution in [0.15, 0.2) is 118 Å². The third-order valence-electron chi connectivity index (χ3n) is 4.46. The molecule has 0 atom stereocenters. The van der Waals surface area contributed by atoms with Crippen LogP contribution in [0.2, 0.25) is 0 Å². The van der Waals surface area contributed by atoms with E-state index in [1.807, 2.05) is 0 Å². The molecule has 0 bridgehead atoms. The molecule has 0 saturated heterocycles. The number of hydrogen-bond acceptors (Lipinski definition) is 12. The number of carbonyl (C=O) groups excluding carboxylic acids is 4. The number of pyridine rings is 2. The van der Waals surface area contributed by atoms with E-state index < -0.39 is 11.8 Å². The first kappa shape index (κ1) is 225. The number of H-pyrrole nitrogens is 2. The fourth-order valence-corrected chi connectivity index (χ4v) is 2.64. The first-order valence-corrected chi connectivity index (χ1v) is 15.4. The molecule has 508 valence electrons. The van der Waals surface area contributed by atoms with Crippen molar-refractivity contribution in [3.05, 3.63) is 120 Å². The van der Waals surface area contributed by atoms with Gasteiger partial charge in [-0.15, -0.1) is 0 Å². The molecule has 0 aliphatic carbocycles. The average molecular weight is 1850 g/mol. The molecular weight excluding hydrogens is 1800 g/mol. The number of Topliss-reactive ketones (excluding diaryl/α,β-unsaturated/α-hetero) is 4. The topological polar surface area (TPSA) is 894 Å². The van der Waals surface area contributed by atoms with Gasteiger partial charge < -0.3 is 166 Å². The van der Waals surface area contributed by atoms with Crippen LogP contribution < -0.4 is 30.4 Å². The molecule has 2 heterocycles. The van der Waals surface area contributed by atoms with E-state index in [2.05, 4.69) is 30.4 Å². The third-order valence-corrected chi connectivity index (χ3v) is 4.46. The second kappa shape index (κ2) is 148. The van der Waals surface area contributed by atoms with E-state index in [-0.39, 0.29) is 329 Å². The summed E-state index contributed by atoms with van der Waals surface area (Å²) in [5.41, 5.74) is 1.66. The van der Waals surface area contributed by atoms with Gasteiger partial charge in [0.1, 0.15) is 23.1 Å². The zero-order valence-corrected chi connectivity index (χ0v) is 59.2. The van der Waals surface area contributed by atoms with Crippen molar-refractivity contribution in [3.63, 3.8) is 0 Å². The summed E-state index contributed by atoms with van der Waals surface area (Å²) in [6.45, 7) is 12.2. The second-order valence-electron chi connectivity index (χ2n) is 10.6. The van der Waals surface area contributed by atoms with Gasteiger partial charge in [0.25, 0.3) is 0 Å². The molecule has 83 heavy (non-hydrogen) atoms. The molecule has 0 amide bonds. The molecule has 0 aliphatic heterocycles. The first-order chi connectivity index (χ1) is 24.5. The van der Waals surface area contributed by atoms with Crippen molar-refractivity contribution in [2.75, 3.05) is 0 Å². The van der Waals surface area contributed by atoms with E-state index >= 15 is 0 Å². The van der Waals surface area contributed by atoms with Crippen molar-refractivity contribution in [2.24, 2.45) is 20.4 Å². The maximum atomic E-state index is 11.5. The largest absolute Gasteiger partial charge is 2.00 e. The molecule has 0 aliphatic rings. The van der Waals surface area contributed by atoms with Gasteiger partial charge >= 0.3 is 0 Å². The van der Waals surface area contributed by atoms with Gasteiger partial charge in [-0.3, -0.25) is 0 Å². The summed E-state index contributed by atoms with van der Waals surface area (Å²) in [7, 11) is 0. The standard InChI is InChI=1S/2C13H11N3O2.4C3H6O.8Mo.23O/c2*17-12-4-2-1-3-11(12)9-15-16-13(18)10-5-7-14-8-6-10;4*1-3(2)4;;;;;;;;;;;;;;;;;;;;;;;;;;;;;;;/h2*1-9,17H,(H,16,18);4*1-2H3;;;;;;;;;;;;;;;;;;;;;;;;;;;;;;;/q;;;;;;;;;;;;;;23*-2/p-2/b2*15-9+;;;;;;;;;;;;;;;;;;;;;;;;;;;;;;;;;;;. The number of hydrogen-bond donors (Lipinski definition) is 0. The molecule has 0 spiro atoms. The molecular formula is C38H44Mo8N6O31-48. The minimum atomic E-state index is -0.455. The summed E-state index contributed by atoms with van der Waals surface area (Å²) in [6, 6.07) is 19.2. The number of ketones is 4. The molecule has 2 aromatic carbocycles. The molecule has 4 rings (SSSR count). The Labute approximate surface area is 592 Å². The smallest absolute Gasteiger partial charge is 0.167 e. The van der Waals surface area contributed by atoms with Crippen LogP contribution in [0.3, 0.4) is 0 Å². The van der Waals surface area contributed by atoms with Crippen LogP contribution in [-0.2, 0) is 314 Å². The van der Waals surface area contributed by atoms with E-state index in [1.54, 1.807) is 85.5 Å². The van der Waals surface area contributed by atoms with E-state index in [0.717, 1.165) is 0 Å². The van der Waals surface area contributed by atoms with Crippen molar-refractivity contribution < 1.29 is 344 Å². The minimum absolute atomic E-state index is 0. The molecule has 4 aromatic rings. The Morgan fingerprint density at radius 3 is 0.639 bits per heavy atom. The molecule has 37 nitrogen and oxygen atoms in total. The van der Waals surface area contributed by atoms with Gasteiger partial charge in [0.2, 0.25) is 0 Å². The van der Waals surface area contributed by atoms with Crippen molar-refractivity contribution >= 4 is 47.4 Å². The number of rotatable bonds is 6. The predicted molar refractivity (Wildman–Crippen MR) is 207 cm³/mol. The predicted octanol–water partition coefficient (Wildman–Crippen LogP) is -0.941. The Balaban J connectivity index is -0.0000000119. The van der Waals surface area contributed by atoms with Crippen LogP contribution in [0.5, 0.6) is 11.5 Å². The molecule has 45 heteroatoms. The summed E-state index contributed by atoms with van der Waals surface area (Å²) < 4.78 is 0. The van der Waals surface area contributed by atoms with E-state index in [4.69, 9.17) is 0 Å². The maximum absolute atomic E-state index is 11.5. The quantitative estimate of drug-likeness (QED) is 0.100. The van der Waals surface area contributed by atoms with E-state index in [9.17, 15) is 39.6 Å². The summed E-state index contributed by atoms with van der Waals surface area (Å²) in [5.74, 6) is -0.552. The average Bonchev–Trinajstić information content (AvgIpc) is 3.06. The van der Waals surface area contributed by atoms with Crippen LogP contribution in [0.4, 0.5) is 0 Å². The van der Waals surface area contributed by atoms with Gasteiger partial charge in [-0.25, -0.2) is 9.97 Å². The first-order valence-electron chi connectivity index (χ1n) is 15.4. The summed E-state index contributed by atoms with van der Waals surface area (Å²) >= 11 is 0. The number of aromatic nitrogens is 2. The number of carbonyl (C=O) groups is 4. The normalized spacial score (nSPS) is 6.41. The van der Waals surface area contributed by atoms with Crippen molar-refractivity contribution in [3.8, 4) is 11.5 Å². The van der Waals surface area contributed by atoms with Crippen LogP contribution in [0.25, 0.3) is 0 Å². The fourth-order valence-electron chi connectivity index (χ4n) is 2.64. The molecule has 0 radical (unpaired) electrons. The number of benzene rings is 2. The summed E-state index contributed by atoms with van der Waals surface area (Å²) in [6.07, 6.45) is 9.04. The molecule has 0 unspecified atom stereocenters. The third kappa shape index (κ3) is 155. The van der Waals surface area contributed by atoms with Crippen molar-refractivity contribution in [1.82, 2.24) is 0 Å². The zero-order chi connectivity index (χ0) is 39.9. The maximum Gasteiger partial charge on any atom is 0.167 e. The van der Waals surface area contributed by atoms with Gasteiger partial charge in [-0.2, -0.15) is 20.4 Å². The van der Waals surface area contributed by atoms with Gasteiger partial charge in [0.15, 0.2) is 24.8 Å². The number of aromatic amines is 2. The Morgan fingerprint density at radius 2 is 0.482 bits per heavy atom. The van der Waals surface area contributed by atoms with Gasteiger partial charge in [-0.05, 0) is 77.6 Å². The number of nitrogens with one attached hydrogen (secondary N) is 2. The van der Waals surface area contributed by atoms with Crippen LogP contribution in [-0.4, -0.2) is 47.4 Å². The Bertz CT molecular complexity index is 1680. The van der Waals surface area contributed by atoms with Crippen LogP contribution in [0, 0.1) is 0 Å². The van der Waals surface area contributed by atoms with Crippen molar-refractivity contribution in [1.29, 1.82) is 0 Å². The summed E-state index contributed by atoms with van der Waals surface area (Å²) in [5, 5.41) is 60.0. The van der Waals surface area contributed by atoms with Crippen LogP contribution >= 0.6 is 0 Å². The molecule has 0 saturated carbocycles. The van der Waals surface area contributed by atoms with E-state index in [1.165, 1.54) is 80.0 Å². The fraction of sp³-hybridized carbons (Fsp3) is 0.211. The Hall–Kier alpha value is -2.11. The summed E-state index contributed by atoms with van der Waals surface area (Å²) in [4.78, 5) is 43.4. The Morgan fingerprint density at radius 1 is 0.325 bits per heavy atom. The SMILES string of the molecule is CC(C)=O.CC(C)=O.CC(C)=O.CC(C)=O.[Mo].[Mo].[Mo].[Mo].[Mo].[Mo].[Mo].[Mo].[O-2].[O-2].[O-2].[O-2].[O-2].[O-2].[O-2].[O-2].[O-2].[O-2].[O-2].[O-2].[O-2].[O-2].[O-2].[O-2].[O-2].[O-2].[O-2].[O-2].[O-2].[O-2].[O-2].[O-]/C(=N\N=C\c1ccccc1[O-])c1cc[nH+]cc1.[O-]/C(=N\N=C\c1ccccc1[O-])c1cc[nH+]cc1.